The number of carboxylic acid groups (broad SMARTS) is 1. The molecule has 0 saturated heterocycles. The van der Waals surface area contributed by atoms with Crippen LogP contribution in [-0.2, 0) is 6.18 Å². The van der Waals surface area contributed by atoms with Crippen LogP contribution in [-0.4, -0.2) is 21.8 Å². The SMILES string of the molecule is O=C(O)c1cccc(/C=C/C(=O)c2ccc(C(F)(F)F)[nH]c2=O)c1. The first-order valence-electron chi connectivity index (χ1n) is 6.55. The van der Waals surface area contributed by atoms with Crippen LogP contribution in [0.5, 0.6) is 0 Å². The Morgan fingerprint density at radius 2 is 1.83 bits per heavy atom. The summed E-state index contributed by atoms with van der Waals surface area (Å²) in [6.45, 7) is 0. The van der Waals surface area contributed by atoms with Gasteiger partial charge in [0.15, 0.2) is 5.78 Å². The first-order valence-corrected chi connectivity index (χ1v) is 6.55. The van der Waals surface area contributed by atoms with E-state index < -0.39 is 34.7 Å². The van der Waals surface area contributed by atoms with Crippen LogP contribution < -0.4 is 5.56 Å². The van der Waals surface area contributed by atoms with E-state index in [0.717, 1.165) is 12.1 Å². The summed E-state index contributed by atoms with van der Waals surface area (Å²) in [6.07, 6.45) is -2.46. The maximum atomic E-state index is 12.5. The number of allylic oxidation sites excluding steroid dienone is 1. The van der Waals surface area contributed by atoms with E-state index in [1.54, 1.807) is 4.98 Å². The number of hydrogen-bond donors (Lipinski definition) is 2. The summed E-state index contributed by atoms with van der Waals surface area (Å²) in [5, 5.41) is 8.86. The fraction of sp³-hybridized carbons (Fsp3) is 0.0625. The van der Waals surface area contributed by atoms with Crippen LogP contribution in [0.15, 0.2) is 47.3 Å². The maximum absolute atomic E-state index is 12.5. The van der Waals surface area contributed by atoms with Crippen LogP contribution in [0.2, 0.25) is 0 Å². The summed E-state index contributed by atoms with van der Waals surface area (Å²) in [7, 11) is 0. The second-order valence-electron chi connectivity index (χ2n) is 4.74. The van der Waals surface area contributed by atoms with E-state index in [1.807, 2.05) is 0 Å². The molecule has 0 saturated carbocycles. The molecule has 0 aliphatic heterocycles. The second kappa shape index (κ2) is 6.53. The van der Waals surface area contributed by atoms with Crippen LogP contribution >= 0.6 is 0 Å². The van der Waals surface area contributed by atoms with Gasteiger partial charge < -0.3 is 10.1 Å². The van der Waals surface area contributed by atoms with Crippen LogP contribution in [0.25, 0.3) is 6.08 Å². The average molecular weight is 337 g/mol. The van der Waals surface area contributed by atoms with E-state index in [2.05, 4.69) is 0 Å². The van der Waals surface area contributed by atoms with Gasteiger partial charge in [0.25, 0.3) is 5.56 Å². The number of H-pyrrole nitrogens is 1. The van der Waals surface area contributed by atoms with Crippen molar-refractivity contribution in [3.63, 3.8) is 0 Å². The Morgan fingerprint density at radius 1 is 1.12 bits per heavy atom. The fourth-order valence-corrected chi connectivity index (χ4v) is 1.87. The predicted molar refractivity (Wildman–Crippen MR) is 78.8 cm³/mol. The number of aromatic amines is 1. The summed E-state index contributed by atoms with van der Waals surface area (Å²) in [5.41, 5.74) is -2.45. The molecule has 0 unspecified atom stereocenters. The molecule has 2 N–H and O–H groups in total. The highest BCUT2D eigenvalue weighted by Gasteiger charge is 2.32. The van der Waals surface area contributed by atoms with Crippen molar-refractivity contribution < 1.29 is 27.9 Å². The zero-order valence-corrected chi connectivity index (χ0v) is 11.9. The van der Waals surface area contributed by atoms with Crippen molar-refractivity contribution in [2.75, 3.05) is 0 Å². The molecule has 0 spiro atoms. The van der Waals surface area contributed by atoms with E-state index in [4.69, 9.17) is 5.11 Å². The predicted octanol–water partition coefficient (Wildman–Crippen LogP) is 2.99. The average Bonchev–Trinajstić information content (AvgIpc) is 2.52. The third kappa shape index (κ3) is 3.97. The Morgan fingerprint density at radius 3 is 2.42 bits per heavy atom. The zero-order valence-electron chi connectivity index (χ0n) is 11.9. The van der Waals surface area contributed by atoms with E-state index >= 15 is 0 Å². The van der Waals surface area contributed by atoms with Crippen molar-refractivity contribution in [3.05, 3.63) is 75.2 Å². The molecule has 1 aromatic heterocycles. The number of rotatable bonds is 4. The molecule has 2 rings (SSSR count). The lowest BCUT2D eigenvalue weighted by molar-refractivity contribution is -0.141. The van der Waals surface area contributed by atoms with Crippen molar-refractivity contribution >= 4 is 17.8 Å². The van der Waals surface area contributed by atoms with Crippen molar-refractivity contribution in [1.82, 2.24) is 4.98 Å². The van der Waals surface area contributed by atoms with Crippen molar-refractivity contribution in [2.45, 2.75) is 6.18 Å². The number of ketones is 1. The number of alkyl halides is 3. The summed E-state index contributed by atoms with van der Waals surface area (Å²) in [5.74, 6) is -1.94. The summed E-state index contributed by atoms with van der Waals surface area (Å²) in [6, 6.07) is 7.08. The maximum Gasteiger partial charge on any atom is 0.431 e. The molecule has 0 fully saturated rings. The van der Waals surface area contributed by atoms with Gasteiger partial charge in [-0.25, -0.2) is 4.79 Å². The molecule has 0 aliphatic rings. The van der Waals surface area contributed by atoms with Gasteiger partial charge in [0.05, 0.1) is 11.1 Å². The number of carbonyl (C=O) groups excluding carboxylic acids is 1. The molecule has 24 heavy (non-hydrogen) atoms. The molecule has 0 radical (unpaired) electrons. The zero-order chi connectivity index (χ0) is 17.9. The smallest absolute Gasteiger partial charge is 0.431 e. The minimum absolute atomic E-state index is 0.0111. The first kappa shape index (κ1) is 17.2. The van der Waals surface area contributed by atoms with Crippen molar-refractivity contribution in [2.24, 2.45) is 0 Å². The number of nitrogens with one attached hydrogen (secondary N) is 1. The number of halogens is 3. The largest absolute Gasteiger partial charge is 0.478 e. The van der Waals surface area contributed by atoms with Crippen molar-refractivity contribution in [1.29, 1.82) is 0 Å². The number of aromatic nitrogens is 1. The quantitative estimate of drug-likeness (QED) is 0.663. The number of carbonyl (C=O) groups is 2. The molecule has 1 aromatic carbocycles. The molecule has 8 heteroatoms. The molecule has 0 atom stereocenters. The molecule has 0 bridgehead atoms. The molecular formula is C16H10F3NO4. The van der Waals surface area contributed by atoms with E-state index in [9.17, 15) is 27.6 Å². The van der Waals surface area contributed by atoms with E-state index in [0.29, 0.717) is 11.6 Å². The summed E-state index contributed by atoms with van der Waals surface area (Å²) >= 11 is 0. The van der Waals surface area contributed by atoms with Gasteiger partial charge in [-0.2, -0.15) is 13.2 Å². The lowest BCUT2D eigenvalue weighted by atomic mass is 10.1. The number of hydrogen-bond acceptors (Lipinski definition) is 3. The standard InChI is InChI=1S/C16H10F3NO4/c17-16(18,19)13-7-5-11(14(22)20-13)12(21)6-4-9-2-1-3-10(8-9)15(23)24/h1-8H,(H,20,22)(H,23,24)/b6-4+. The van der Waals surface area contributed by atoms with Crippen LogP contribution in [0.4, 0.5) is 13.2 Å². The second-order valence-corrected chi connectivity index (χ2v) is 4.74. The number of carboxylic acids is 1. The van der Waals surface area contributed by atoms with Gasteiger partial charge in [0.2, 0.25) is 0 Å². The highest BCUT2D eigenvalue weighted by atomic mass is 19.4. The first-order chi connectivity index (χ1) is 11.2. The van der Waals surface area contributed by atoms with Gasteiger partial charge in [-0.05, 0) is 35.9 Å². The Hall–Kier alpha value is -3.16. The third-order valence-corrected chi connectivity index (χ3v) is 3.04. The van der Waals surface area contributed by atoms with Crippen LogP contribution in [0.1, 0.15) is 32.0 Å². The Balaban J connectivity index is 2.25. The Bertz CT molecular complexity index is 881. The lowest BCUT2D eigenvalue weighted by Crippen LogP contribution is -2.21. The lowest BCUT2D eigenvalue weighted by Gasteiger charge is -2.06. The molecular weight excluding hydrogens is 327 g/mol. The Labute approximate surface area is 133 Å². The van der Waals surface area contributed by atoms with E-state index in [1.165, 1.54) is 30.3 Å². The van der Waals surface area contributed by atoms with Gasteiger partial charge in [0, 0.05) is 0 Å². The summed E-state index contributed by atoms with van der Waals surface area (Å²) < 4.78 is 37.4. The van der Waals surface area contributed by atoms with Gasteiger partial charge in [-0.15, -0.1) is 0 Å². The van der Waals surface area contributed by atoms with Gasteiger partial charge in [0.1, 0.15) is 5.69 Å². The van der Waals surface area contributed by atoms with Gasteiger partial charge in [-0.3, -0.25) is 9.59 Å². The molecule has 0 amide bonds. The number of pyridine rings is 1. The minimum Gasteiger partial charge on any atom is -0.478 e. The van der Waals surface area contributed by atoms with Crippen LogP contribution in [0.3, 0.4) is 0 Å². The molecule has 2 aromatic rings. The van der Waals surface area contributed by atoms with Crippen molar-refractivity contribution in [3.8, 4) is 0 Å². The molecule has 124 valence electrons. The van der Waals surface area contributed by atoms with Gasteiger partial charge in [-0.1, -0.05) is 18.2 Å². The minimum atomic E-state index is -4.71. The highest BCUT2D eigenvalue weighted by molar-refractivity contribution is 6.06. The monoisotopic (exact) mass is 337 g/mol. The number of aromatic carboxylic acids is 1. The summed E-state index contributed by atoms with van der Waals surface area (Å²) in [4.78, 5) is 36.0. The van der Waals surface area contributed by atoms with E-state index in [-0.39, 0.29) is 5.56 Å². The van der Waals surface area contributed by atoms with Crippen LogP contribution in [0, 0.1) is 0 Å². The van der Waals surface area contributed by atoms with Gasteiger partial charge >= 0.3 is 12.1 Å². The highest BCUT2D eigenvalue weighted by Crippen LogP contribution is 2.26. The molecule has 1 heterocycles. The normalized spacial score (nSPS) is 11.6. The topological polar surface area (TPSA) is 87.2 Å². The Kier molecular flexibility index (Phi) is 4.68. The molecule has 5 nitrogen and oxygen atoms in total. The molecule has 0 aliphatic carbocycles. The third-order valence-electron chi connectivity index (χ3n) is 3.04. The number of benzene rings is 1. The fourth-order valence-electron chi connectivity index (χ4n) is 1.87.